The first-order chi connectivity index (χ1) is 6.72. The van der Waals surface area contributed by atoms with Crippen LogP contribution in [0.2, 0.25) is 0 Å². The molecule has 4 heteroatoms. The molecule has 1 aromatic rings. The van der Waals surface area contributed by atoms with Crippen LogP contribution in [0.3, 0.4) is 0 Å². The van der Waals surface area contributed by atoms with Gasteiger partial charge in [0.25, 0.3) is 0 Å². The molecule has 1 amide bonds. The Morgan fingerprint density at radius 3 is 3.00 bits per heavy atom. The summed E-state index contributed by atoms with van der Waals surface area (Å²) in [7, 11) is 0. The highest BCUT2D eigenvalue weighted by Crippen LogP contribution is 2.17. The number of carbonyl (C=O) groups excluding carboxylic acids is 1. The van der Waals surface area contributed by atoms with Gasteiger partial charge in [0.15, 0.2) is 0 Å². The van der Waals surface area contributed by atoms with E-state index in [2.05, 4.69) is 21.2 Å². The maximum absolute atomic E-state index is 10.8. The summed E-state index contributed by atoms with van der Waals surface area (Å²) in [5, 5.41) is 3.48. The highest BCUT2D eigenvalue weighted by molar-refractivity contribution is 9.09. The maximum atomic E-state index is 10.8. The van der Waals surface area contributed by atoms with E-state index in [0.29, 0.717) is 6.61 Å². The molecule has 3 nitrogen and oxygen atoms in total. The Balaban J connectivity index is 2.63. The Hall–Kier alpha value is -1.03. The fourth-order valence-corrected chi connectivity index (χ4v) is 1.19. The minimum atomic E-state index is -0.0809. The van der Waals surface area contributed by atoms with Crippen LogP contribution in [-0.2, 0) is 4.79 Å². The van der Waals surface area contributed by atoms with Gasteiger partial charge in [-0.2, -0.15) is 0 Å². The third-order valence-electron chi connectivity index (χ3n) is 1.50. The molecule has 0 aliphatic rings. The Kier molecular flexibility index (Phi) is 4.46. The molecular formula is C10H12BrNO2. The van der Waals surface area contributed by atoms with Gasteiger partial charge >= 0.3 is 0 Å². The van der Waals surface area contributed by atoms with E-state index in [1.807, 2.05) is 18.2 Å². The molecule has 0 aliphatic carbocycles. The van der Waals surface area contributed by atoms with E-state index >= 15 is 0 Å². The van der Waals surface area contributed by atoms with Crippen molar-refractivity contribution in [2.75, 3.05) is 17.3 Å². The largest absolute Gasteiger partial charge is 0.493 e. The Morgan fingerprint density at radius 2 is 2.36 bits per heavy atom. The van der Waals surface area contributed by atoms with Crippen molar-refractivity contribution in [3.63, 3.8) is 0 Å². The summed E-state index contributed by atoms with van der Waals surface area (Å²) < 4.78 is 5.38. The smallest absolute Gasteiger partial charge is 0.221 e. The topological polar surface area (TPSA) is 38.3 Å². The van der Waals surface area contributed by atoms with E-state index in [1.54, 1.807) is 6.07 Å². The van der Waals surface area contributed by atoms with Gasteiger partial charge in [0.2, 0.25) is 5.91 Å². The normalized spacial score (nSPS) is 9.57. The number of rotatable bonds is 4. The molecule has 0 saturated heterocycles. The average molecular weight is 258 g/mol. The third kappa shape index (κ3) is 3.79. The van der Waals surface area contributed by atoms with E-state index in [-0.39, 0.29) is 5.91 Å². The molecule has 76 valence electrons. The second kappa shape index (κ2) is 5.65. The van der Waals surface area contributed by atoms with E-state index in [9.17, 15) is 4.79 Å². The van der Waals surface area contributed by atoms with Gasteiger partial charge in [-0.05, 0) is 12.1 Å². The molecule has 0 fully saturated rings. The van der Waals surface area contributed by atoms with Gasteiger partial charge in [0.1, 0.15) is 5.75 Å². The summed E-state index contributed by atoms with van der Waals surface area (Å²) in [5.74, 6) is 0.679. The van der Waals surface area contributed by atoms with Crippen LogP contribution in [0.5, 0.6) is 5.75 Å². The van der Waals surface area contributed by atoms with Crippen molar-refractivity contribution in [1.29, 1.82) is 0 Å². The lowest BCUT2D eigenvalue weighted by Crippen LogP contribution is -2.06. The molecule has 0 saturated carbocycles. The molecule has 0 atom stereocenters. The molecule has 1 aromatic carbocycles. The second-order valence-corrected chi connectivity index (χ2v) is 3.54. The molecule has 0 aromatic heterocycles. The third-order valence-corrected chi connectivity index (χ3v) is 1.82. The minimum Gasteiger partial charge on any atom is -0.493 e. The number of ether oxygens (including phenoxy) is 1. The predicted octanol–water partition coefficient (Wildman–Crippen LogP) is 2.42. The number of carbonyl (C=O) groups is 1. The van der Waals surface area contributed by atoms with Crippen LogP contribution >= 0.6 is 15.9 Å². The summed E-state index contributed by atoms with van der Waals surface area (Å²) in [6, 6.07) is 7.31. The zero-order valence-corrected chi connectivity index (χ0v) is 9.50. The van der Waals surface area contributed by atoms with Crippen molar-refractivity contribution in [1.82, 2.24) is 0 Å². The number of hydrogen-bond acceptors (Lipinski definition) is 2. The Labute approximate surface area is 91.6 Å². The van der Waals surface area contributed by atoms with Gasteiger partial charge in [0.05, 0.1) is 6.61 Å². The molecular weight excluding hydrogens is 246 g/mol. The van der Waals surface area contributed by atoms with Gasteiger partial charge in [-0.15, -0.1) is 0 Å². The standard InChI is InChI=1S/C10H12BrNO2/c1-8(13)12-9-3-2-4-10(7-9)14-6-5-11/h2-4,7H,5-6H2,1H3,(H,12,13). The number of alkyl halides is 1. The first kappa shape index (κ1) is 11.0. The minimum absolute atomic E-state index is 0.0809. The van der Waals surface area contributed by atoms with Crippen LogP contribution in [0, 0.1) is 0 Å². The van der Waals surface area contributed by atoms with Crippen LogP contribution in [0.1, 0.15) is 6.92 Å². The Bertz CT molecular complexity index is 315. The number of halogens is 1. The summed E-state index contributed by atoms with van der Waals surface area (Å²) in [6.45, 7) is 2.09. The van der Waals surface area contributed by atoms with E-state index in [4.69, 9.17) is 4.74 Å². The second-order valence-electron chi connectivity index (χ2n) is 2.75. The van der Waals surface area contributed by atoms with Crippen LogP contribution in [0.15, 0.2) is 24.3 Å². The van der Waals surface area contributed by atoms with Gasteiger partial charge in [-0.3, -0.25) is 4.79 Å². The number of amides is 1. The molecule has 0 aliphatic heterocycles. The number of nitrogens with one attached hydrogen (secondary N) is 1. The summed E-state index contributed by atoms with van der Waals surface area (Å²) in [6.07, 6.45) is 0. The molecule has 0 radical (unpaired) electrons. The number of hydrogen-bond donors (Lipinski definition) is 1. The first-order valence-electron chi connectivity index (χ1n) is 4.29. The predicted molar refractivity (Wildman–Crippen MR) is 60.0 cm³/mol. The maximum Gasteiger partial charge on any atom is 0.221 e. The first-order valence-corrected chi connectivity index (χ1v) is 5.41. The van der Waals surface area contributed by atoms with Gasteiger partial charge < -0.3 is 10.1 Å². The Morgan fingerprint density at radius 1 is 1.57 bits per heavy atom. The van der Waals surface area contributed by atoms with Gasteiger partial charge in [-0.25, -0.2) is 0 Å². The molecule has 0 heterocycles. The zero-order chi connectivity index (χ0) is 10.4. The monoisotopic (exact) mass is 257 g/mol. The fourth-order valence-electron chi connectivity index (χ4n) is 1.02. The average Bonchev–Trinajstić information content (AvgIpc) is 2.14. The highest BCUT2D eigenvalue weighted by atomic mass is 79.9. The van der Waals surface area contributed by atoms with Crippen LogP contribution in [0.25, 0.3) is 0 Å². The van der Waals surface area contributed by atoms with Crippen molar-refractivity contribution in [2.45, 2.75) is 6.92 Å². The lowest BCUT2D eigenvalue weighted by molar-refractivity contribution is -0.114. The molecule has 0 spiro atoms. The van der Waals surface area contributed by atoms with Gasteiger partial charge in [0, 0.05) is 24.0 Å². The summed E-state index contributed by atoms with van der Waals surface area (Å²) in [4.78, 5) is 10.8. The fraction of sp³-hybridized carbons (Fsp3) is 0.300. The molecule has 0 bridgehead atoms. The van der Waals surface area contributed by atoms with Crippen molar-refractivity contribution in [3.8, 4) is 5.75 Å². The highest BCUT2D eigenvalue weighted by Gasteiger charge is 1.97. The van der Waals surface area contributed by atoms with Crippen LogP contribution in [-0.4, -0.2) is 17.8 Å². The van der Waals surface area contributed by atoms with E-state index in [1.165, 1.54) is 6.92 Å². The molecule has 1 N–H and O–H groups in total. The van der Waals surface area contributed by atoms with Crippen LogP contribution < -0.4 is 10.1 Å². The molecule has 0 unspecified atom stereocenters. The SMILES string of the molecule is CC(=O)Nc1cccc(OCCBr)c1. The lowest BCUT2D eigenvalue weighted by atomic mass is 10.3. The zero-order valence-electron chi connectivity index (χ0n) is 7.92. The van der Waals surface area contributed by atoms with Crippen molar-refractivity contribution in [3.05, 3.63) is 24.3 Å². The number of benzene rings is 1. The quantitative estimate of drug-likeness (QED) is 0.842. The van der Waals surface area contributed by atoms with E-state index < -0.39 is 0 Å². The van der Waals surface area contributed by atoms with Crippen molar-refractivity contribution in [2.24, 2.45) is 0 Å². The van der Waals surface area contributed by atoms with Crippen molar-refractivity contribution < 1.29 is 9.53 Å². The van der Waals surface area contributed by atoms with Gasteiger partial charge in [-0.1, -0.05) is 22.0 Å². The molecule has 14 heavy (non-hydrogen) atoms. The van der Waals surface area contributed by atoms with Crippen LogP contribution in [0.4, 0.5) is 5.69 Å². The summed E-state index contributed by atoms with van der Waals surface area (Å²) >= 11 is 3.27. The summed E-state index contributed by atoms with van der Waals surface area (Å²) in [5.41, 5.74) is 0.754. The molecule has 1 rings (SSSR count). The van der Waals surface area contributed by atoms with E-state index in [0.717, 1.165) is 16.8 Å². The lowest BCUT2D eigenvalue weighted by Gasteiger charge is -2.06. The number of anilines is 1. The van der Waals surface area contributed by atoms with Crippen molar-refractivity contribution >= 4 is 27.5 Å².